The Hall–Kier alpha value is -3.56. The summed E-state index contributed by atoms with van der Waals surface area (Å²) in [6.45, 7) is 2.22. The number of morpholine rings is 1. The van der Waals surface area contributed by atoms with E-state index < -0.39 is 9.84 Å². The first-order chi connectivity index (χ1) is 15.5. The van der Waals surface area contributed by atoms with E-state index in [2.05, 4.69) is 15.3 Å². The number of aromatic nitrogens is 2. The third-order valence-corrected chi connectivity index (χ3v) is 6.69. The number of pyridine rings is 2. The molecule has 0 atom stereocenters. The third-order valence-electron chi connectivity index (χ3n) is 4.89. The van der Waals surface area contributed by atoms with Crippen molar-refractivity contribution in [2.45, 2.75) is 9.79 Å². The van der Waals surface area contributed by atoms with Gasteiger partial charge in [0.05, 0.1) is 18.1 Å². The van der Waals surface area contributed by atoms with Gasteiger partial charge in [0.15, 0.2) is 0 Å². The van der Waals surface area contributed by atoms with Crippen LogP contribution in [0.2, 0.25) is 0 Å². The van der Waals surface area contributed by atoms with Gasteiger partial charge >= 0.3 is 0 Å². The number of sulfone groups is 1. The van der Waals surface area contributed by atoms with E-state index in [1.54, 1.807) is 55.0 Å². The molecule has 8 nitrogen and oxygen atoms in total. The number of carbonyl (C=O) groups excluding carboxylic acids is 1. The van der Waals surface area contributed by atoms with Crippen LogP contribution in [0.25, 0.3) is 6.08 Å². The minimum Gasteiger partial charge on any atom is -0.378 e. The highest BCUT2D eigenvalue weighted by Crippen LogP contribution is 2.29. The number of carbonyl (C=O) groups is 1. The van der Waals surface area contributed by atoms with E-state index in [4.69, 9.17) is 4.74 Å². The zero-order valence-corrected chi connectivity index (χ0v) is 18.0. The maximum Gasteiger partial charge on any atom is 0.248 e. The molecule has 3 aromatic rings. The van der Waals surface area contributed by atoms with Crippen molar-refractivity contribution in [3.8, 4) is 0 Å². The molecule has 0 saturated carbocycles. The van der Waals surface area contributed by atoms with E-state index in [1.165, 1.54) is 18.2 Å². The Labute approximate surface area is 186 Å². The molecule has 0 radical (unpaired) electrons. The van der Waals surface area contributed by atoms with Crippen molar-refractivity contribution in [2.24, 2.45) is 0 Å². The minimum absolute atomic E-state index is 0.129. The van der Waals surface area contributed by atoms with Gasteiger partial charge in [-0.15, -0.1) is 0 Å². The molecule has 1 N–H and O–H groups in total. The number of benzene rings is 1. The molecule has 0 bridgehead atoms. The Kier molecular flexibility index (Phi) is 6.58. The zero-order chi connectivity index (χ0) is 22.4. The fraction of sp³-hybridized carbons (Fsp3) is 0.174. The van der Waals surface area contributed by atoms with Gasteiger partial charge in [-0.1, -0.05) is 6.07 Å². The summed E-state index contributed by atoms with van der Waals surface area (Å²) in [7, 11) is -3.79. The number of hydrogen-bond donors (Lipinski definition) is 1. The molecule has 2 aromatic heterocycles. The molecule has 164 valence electrons. The summed E-state index contributed by atoms with van der Waals surface area (Å²) in [6, 6.07) is 12.9. The molecule has 1 aromatic carbocycles. The highest BCUT2D eigenvalue weighted by Gasteiger charge is 2.26. The van der Waals surface area contributed by atoms with Crippen LogP contribution in [0.1, 0.15) is 5.56 Å². The first kappa shape index (κ1) is 21.7. The highest BCUT2D eigenvalue weighted by atomic mass is 32.2. The molecule has 1 aliphatic heterocycles. The number of anilines is 2. The first-order valence-electron chi connectivity index (χ1n) is 10.1. The van der Waals surface area contributed by atoms with Crippen molar-refractivity contribution in [2.75, 3.05) is 36.5 Å². The average molecular weight is 451 g/mol. The third kappa shape index (κ3) is 5.01. The smallest absolute Gasteiger partial charge is 0.248 e. The van der Waals surface area contributed by atoms with Crippen molar-refractivity contribution < 1.29 is 17.9 Å². The molecule has 9 heteroatoms. The van der Waals surface area contributed by atoms with Crippen LogP contribution in [0.15, 0.2) is 83.0 Å². The number of rotatable bonds is 6. The van der Waals surface area contributed by atoms with Crippen LogP contribution >= 0.6 is 0 Å². The quantitative estimate of drug-likeness (QED) is 0.576. The largest absolute Gasteiger partial charge is 0.378 e. The molecular formula is C23H22N4O4S. The van der Waals surface area contributed by atoms with E-state index in [9.17, 15) is 13.2 Å². The normalized spacial score (nSPS) is 14.4. The van der Waals surface area contributed by atoms with Crippen LogP contribution in [0.4, 0.5) is 11.5 Å². The second-order valence-electron chi connectivity index (χ2n) is 7.06. The Morgan fingerprint density at radius 3 is 2.50 bits per heavy atom. The van der Waals surface area contributed by atoms with Gasteiger partial charge in [0.25, 0.3) is 0 Å². The second kappa shape index (κ2) is 9.71. The SMILES string of the molecule is O=C(/C=C/c1cccnc1)Nc1ccc(S(=O)(=O)c2cccnc2N2CCOCC2)cc1. The number of amides is 1. The molecule has 4 rings (SSSR count). The van der Waals surface area contributed by atoms with Crippen LogP contribution in [0, 0.1) is 0 Å². The lowest BCUT2D eigenvalue weighted by Gasteiger charge is -2.29. The Morgan fingerprint density at radius 2 is 1.78 bits per heavy atom. The molecule has 0 spiro atoms. The summed E-state index contributed by atoms with van der Waals surface area (Å²) in [5, 5.41) is 2.72. The van der Waals surface area contributed by atoms with Gasteiger partial charge in [0.1, 0.15) is 10.7 Å². The molecule has 1 fully saturated rings. The van der Waals surface area contributed by atoms with E-state index in [0.29, 0.717) is 37.8 Å². The molecule has 1 aliphatic rings. The molecule has 1 amide bonds. The number of ether oxygens (including phenoxy) is 1. The minimum atomic E-state index is -3.79. The summed E-state index contributed by atoms with van der Waals surface area (Å²) in [5.74, 6) is 0.0973. The van der Waals surface area contributed by atoms with Crippen LogP contribution in [0.3, 0.4) is 0 Å². The number of hydrogen-bond acceptors (Lipinski definition) is 7. The van der Waals surface area contributed by atoms with Gasteiger partial charge in [-0.05, 0) is 54.1 Å². The molecule has 1 saturated heterocycles. The Bertz CT molecular complexity index is 1210. The first-order valence-corrected chi connectivity index (χ1v) is 11.5. The van der Waals surface area contributed by atoms with Gasteiger partial charge in [-0.2, -0.15) is 0 Å². The maximum atomic E-state index is 13.3. The van der Waals surface area contributed by atoms with E-state index >= 15 is 0 Å². The standard InChI is InChI=1S/C23H22N4O4S/c28-22(10-5-18-3-1-11-24-17-18)26-19-6-8-20(9-7-19)32(29,30)21-4-2-12-25-23(21)27-13-15-31-16-14-27/h1-12,17H,13-16H2,(H,26,28)/b10-5+. The van der Waals surface area contributed by atoms with Crippen LogP contribution in [-0.2, 0) is 19.4 Å². The molecule has 3 heterocycles. The number of nitrogens with one attached hydrogen (secondary N) is 1. The second-order valence-corrected chi connectivity index (χ2v) is 8.98. The van der Waals surface area contributed by atoms with Gasteiger partial charge in [-0.3, -0.25) is 9.78 Å². The van der Waals surface area contributed by atoms with Crippen molar-refractivity contribution in [1.29, 1.82) is 0 Å². The summed E-state index contributed by atoms with van der Waals surface area (Å²) >= 11 is 0. The fourth-order valence-electron chi connectivity index (χ4n) is 3.28. The predicted octanol–water partition coefficient (Wildman–Crippen LogP) is 2.80. The van der Waals surface area contributed by atoms with Crippen LogP contribution < -0.4 is 10.2 Å². The average Bonchev–Trinajstić information content (AvgIpc) is 2.84. The monoisotopic (exact) mass is 450 g/mol. The van der Waals surface area contributed by atoms with Crippen molar-refractivity contribution in [1.82, 2.24) is 9.97 Å². The van der Waals surface area contributed by atoms with Crippen LogP contribution in [-0.4, -0.2) is 50.6 Å². The molecule has 0 unspecified atom stereocenters. The molecular weight excluding hydrogens is 428 g/mol. The van der Waals surface area contributed by atoms with Gasteiger partial charge < -0.3 is 15.0 Å². The van der Waals surface area contributed by atoms with Crippen molar-refractivity contribution >= 4 is 33.3 Å². The summed E-state index contributed by atoms with van der Waals surface area (Å²) in [6.07, 6.45) is 7.93. The lowest BCUT2D eigenvalue weighted by atomic mass is 10.2. The van der Waals surface area contributed by atoms with E-state index in [1.807, 2.05) is 11.0 Å². The molecule has 32 heavy (non-hydrogen) atoms. The Morgan fingerprint density at radius 1 is 1.03 bits per heavy atom. The lowest BCUT2D eigenvalue weighted by Crippen LogP contribution is -2.37. The van der Waals surface area contributed by atoms with Gasteiger partial charge in [0.2, 0.25) is 15.7 Å². The summed E-state index contributed by atoms with van der Waals surface area (Å²) < 4.78 is 31.9. The predicted molar refractivity (Wildman–Crippen MR) is 121 cm³/mol. The Balaban J connectivity index is 1.50. The van der Waals surface area contributed by atoms with E-state index in [0.717, 1.165) is 5.56 Å². The van der Waals surface area contributed by atoms with Crippen molar-refractivity contribution in [3.63, 3.8) is 0 Å². The maximum absolute atomic E-state index is 13.3. The fourth-order valence-corrected chi connectivity index (χ4v) is 4.71. The van der Waals surface area contributed by atoms with Crippen LogP contribution in [0.5, 0.6) is 0 Å². The van der Waals surface area contributed by atoms with E-state index in [-0.39, 0.29) is 15.7 Å². The topological polar surface area (TPSA) is 101 Å². The van der Waals surface area contributed by atoms with Crippen molar-refractivity contribution in [3.05, 3.63) is 78.8 Å². The highest BCUT2D eigenvalue weighted by molar-refractivity contribution is 7.91. The summed E-state index contributed by atoms with van der Waals surface area (Å²) in [4.78, 5) is 22.6. The van der Waals surface area contributed by atoms with Gasteiger partial charge in [-0.25, -0.2) is 13.4 Å². The zero-order valence-electron chi connectivity index (χ0n) is 17.2. The lowest BCUT2D eigenvalue weighted by molar-refractivity contribution is -0.111. The molecule has 0 aliphatic carbocycles. The van der Waals surface area contributed by atoms with Gasteiger partial charge in [0, 0.05) is 43.4 Å². The number of nitrogens with zero attached hydrogens (tertiary/aromatic N) is 3. The summed E-state index contributed by atoms with van der Waals surface area (Å²) in [5.41, 5.74) is 1.29.